The molecule has 6 heteroatoms. The molecular weight excluding hydrogens is 307 g/mol. The van der Waals surface area contributed by atoms with E-state index in [2.05, 4.69) is 9.72 Å². The second-order valence-electron chi connectivity index (χ2n) is 5.74. The first kappa shape index (κ1) is 15.8. The van der Waals surface area contributed by atoms with Crippen molar-refractivity contribution in [1.82, 2.24) is 4.98 Å². The number of alkyl halides is 3. The van der Waals surface area contributed by atoms with Gasteiger partial charge in [-0.15, -0.1) is 13.2 Å². The van der Waals surface area contributed by atoms with Crippen LogP contribution < -0.4 is 4.74 Å². The first-order valence-electron chi connectivity index (χ1n) is 7.36. The van der Waals surface area contributed by atoms with E-state index in [0.29, 0.717) is 5.69 Å². The molecule has 0 spiro atoms. The molecule has 3 nitrogen and oxygen atoms in total. The van der Waals surface area contributed by atoms with Crippen LogP contribution >= 0.6 is 0 Å². The molecule has 1 fully saturated rings. The van der Waals surface area contributed by atoms with Crippen LogP contribution in [0.3, 0.4) is 0 Å². The fraction of sp³-hybridized carbons (Fsp3) is 0.353. The summed E-state index contributed by atoms with van der Waals surface area (Å²) in [5, 5.41) is 10.7. The van der Waals surface area contributed by atoms with Crippen molar-refractivity contribution in [2.24, 2.45) is 0 Å². The van der Waals surface area contributed by atoms with E-state index in [0.717, 1.165) is 24.8 Å². The van der Waals surface area contributed by atoms with Crippen molar-refractivity contribution >= 4 is 0 Å². The molecule has 1 heterocycles. The second-order valence-corrected chi connectivity index (χ2v) is 5.74. The van der Waals surface area contributed by atoms with Gasteiger partial charge in [-0.3, -0.25) is 4.98 Å². The van der Waals surface area contributed by atoms with Crippen LogP contribution in [-0.4, -0.2) is 16.5 Å². The van der Waals surface area contributed by atoms with Gasteiger partial charge in [0.15, 0.2) is 0 Å². The highest BCUT2D eigenvalue weighted by atomic mass is 19.4. The van der Waals surface area contributed by atoms with Crippen LogP contribution in [0.4, 0.5) is 13.2 Å². The van der Waals surface area contributed by atoms with E-state index in [-0.39, 0.29) is 5.75 Å². The third kappa shape index (κ3) is 3.17. The van der Waals surface area contributed by atoms with E-state index < -0.39 is 17.9 Å². The predicted molar refractivity (Wildman–Crippen MR) is 77.9 cm³/mol. The van der Waals surface area contributed by atoms with E-state index in [1.807, 2.05) is 0 Å². The van der Waals surface area contributed by atoms with Crippen LogP contribution in [0, 0.1) is 0 Å². The Kier molecular flexibility index (Phi) is 4.02. The van der Waals surface area contributed by atoms with Crippen LogP contribution in [-0.2, 0) is 5.41 Å². The summed E-state index contributed by atoms with van der Waals surface area (Å²) in [6.45, 7) is 0. The third-order valence-electron chi connectivity index (χ3n) is 4.40. The Balaban J connectivity index is 1.86. The van der Waals surface area contributed by atoms with Gasteiger partial charge in [-0.25, -0.2) is 0 Å². The lowest BCUT2D eigenvalue weighted by atomic mass is 9.60. The summed E-state index contributed by atoms with van der Waals surface area (Å²) < 4.78 is 40.6. The Morgan fingerprint density at radius 3 is 2.26 bits per heavy atom. The molecule has 0 radical (unpaired) electrons. The SMILES string of the molecule is OC(c1ccccn1)C1(c2ccc(OC(F)(F)F)cc2)CCC1. The van der Waals surface area contributed by atoms with Gasteiger partial charge in [0.1, 0.15) is 11.9 Å². The van der Waals surface area contributed by atoms with Gasteiger partial charge in [-0.05, 0) is 42.7 Å². The lowest BCUT2D eigenvalue weighted by molar-refractivity contribution is -0.274. The number of hydrogen-bond acceptors (Lipinski definition) is 3. The largest absolute Gasteiger partial charge is 0.573 e. The summed E-state index contributed by atoms with van der Waals surface area (Å²) in [7, 11) is 0. The van der Waals surface area contributed by atoms with Gasteiger partial charge >= 0.3 is 6.36 Å². The van der Waals surface area contributed by atoms with Gasteiger partial charge < -0.3 is 9.84 Å². The average molecular weight is 323 g/mol. The molecule has 1 atom stereocenters. The molecule has 2 aromatic rings. The Bertz CT molecular complexity index is 652. The zero-order valence-electron chi connectivity index (χ0n) is 12.3. The molecule has 3 rings (SSSR count). The van der Waals surface area contributed by atoms with Gasteiger partial charge in [-0.2, -0.15) is 0 Å². The van der Waals surface area contributed by atoms with Crippen molar-refractivity contribution in [3.8, 4) is 5.75 Å². The summed E-state index contributed by atoms with van der Waals surface area (Å²) in [4.78, 5) is 4.19. The van der Waals surface area contributed by atoms with E-state index in [1.165, 1.54) is 12.1 Å². The highest BCUT2D eigenvalue weighted by molar-refractivity contribution is 5.36. The van der Waals surface area contributed by atoms with Gasteiger partial charge in [0.2, 0.25) is 0 Å². The summed E-state index contributed by atoms with van der Waals surface area (Å²) in [5.74, 6) is -0.261. The van der Waals surface area contributed by atoms with Crippen LogP contribution in [0.2, 0.25) is 0 Å². The second kappa shape index (κ2) is 5.85. The molecule has 0 bridgehead atoms. The minimum Gasteiger partial charge on any atom is -0.406 e. The summed E-state index contributed by atoms with van der Waals surface area (Å²) in [6, 6.07) is 11.1. The van der Waals surface area contributed by atoms with Gasteiger partial charge in [0.25, 0.3) is 0 Å². The normalized spacial score (nSPS) is 18.1. The van der Waals surface area contributed by atoms with Gasteiger partial charge in [-0.1, -0.05) is 24.6 Å². The molecular formula is C17H16F3NO2. The van der Waals surface area contributed by atoms with Crippen molar-refractivity contribution < 1.29 is 23.0 Å². The molecule has 122 valence electrons. The Morgan fingerprint density at radius 2 is 1.78 bits per heavy atom. The average Bonchev–Trinajstić information content (AvgIpc) is 2.47. The molecule has 0 amide bonds. The monoisotopic (exact) mass is 323 g/mol. The predicted octanol–water partition coefficient (Wildman–Crippen LogP) is 4.14. The minimum atomic E-state index is -4.71. The van der Waals surface area contributed by atoms with Crippen molar-refractivity contribution in [3.05, 3.63) is 59.9 Å². The van der Waals surface area contributed by atoms with Crippen molar-refractivity contribution in [1.29, 1.82) is 0 Å². The topological polar surface area (TPSA) is 42.4 Å². The highest BCUT2D eigenvalue weighted by Crippen LogP contribution is 2.52. The number of benzene rings is 1. The maximum Gasteiger partial charge on any atom is 0.573 e. The number of nitrogens with zero attached hydrogens (tertiary/aromatic N) is 1. The Labute approximate surface area is 131 Å². The maximum atomic E-state index is 12.2. The summed E-state index contributed by atoms with van der Waals surface area (Å²) in [5.41, 5.74) is 0.879. The number of aliphatic hydroxyl groups excluding tert-OH is 1. The Hall–Kier alpha value is -2.08. The molecule has 1 aromatic heterocycles. The molecule has 1 aromatic carbocycles. The van der Waals surface area contributed by atoms with Crippen LogP contribution in [0.1, 0.15) is 36.6 Å². The van der Waals surface area contributed by atoms with Crippen molar-refractivity contribution in [2.75, 3.05) is 0 Å². The van der Waals surface area contributed by atoms with Crippen LogP contribution in [0.15, 0.2) is 48.7 Å². The van der Waals surface area contributed by atoms with Gasteiger partial charge in [0.05, 0.1) is 5.69 Å². The summed E-state index contributed by atoms with van der Waals surface area (Å²) in [6.07, 6.45) is -1.38. The number of halogens is 3. The van der Waals surface area contributed by atoms with Crippen LogP contribution in [0.5, 0.6) is 5.75 Å². The quantitative estimate of drug-likeness (QED) is 0.920. The van der Waals surface area contributed by atoms with E-state index in [4.69, 9.17) is 0 Å². The lowest BCUT2D eigenvalue weighted by Crippen LogP contribution is -2.40. The molecule has 1 aliphatic carbocycles. The lowest BCUT2D eigenvalue weighted by Gasteiger charge is -2.45. The molecule has 1 N–H and O–H groups in total. The number of ether oxygens (including phenoxy) is 1. The standard InChI is InChI=1S/C17H16F3NO2/c18-17(19,20)23-13-7-5-12(6-8-13)16(9-3-10-16)15(22)14-4-1-2-11-21-14/h1-2,4-8,11,15,22H,3,9-10H2. The zero-order chi connectivity index (χ0) is 16.5. The molecule has 23 heavy (non-hydrogen) atoms. The van der Waals surface area contributed by atoms with Crippen molar-refractivity contribution in [3.63, 3.8) is 0 Å². The van der Waals surface area contributed by atoms with E-state index >= 15 is 0 Å². The molecule has 1 saturated carbocycles. The number of pyridine rings is 1. The van der Waals surface area contributed by atoms with Crippen LogP contribution in [0.25, 0.3) is 0 Å². The smallest absolute Gasteiger partial charge is 0.406 e. The first-order chi connectivity index (χ1) is 10.9. The highest BCUT2D eigenvalue weighted by Gasteiger charge is 2.46. The minimum absolute atomic E-state index is 0.261. The van der Waals surface area contributed by atoms with E-state index in [9.17, 15) is 18.3 Å². The summed E-state index contributed by atoms with van der Waals surface area (Å²) >= 11 is 0. The molecule has 0 saturated heterocycles. The first-order valence-corrected chi connectivity index (χ1v) is 7.36. The molecule has 0 aliphatic heterocycles. The maximum absolute atomic E-state index is 12.2. The number of aliphatic hydroxyl groups is 1. The number of hydrogen-bond donors (Lipinski definition) is 1. The van der Waals surface area contributed by atoms with Crippen molar-refractivity contribution in [2.45, 2.75) is 37.1 Å². The van der Waals surface area contributed by atoms with Gasteiger partial charge in [0, 0.05) is 11.6 Å². The third-order valence-corrected chi connectivity index (χ3v) is 4.40. The fourth-order valence-corrected chi connectivity index (χ4v) is 3.09. The zero-order valence-corrected chi connectivity index (χ0v) is 12.3. The molecule has 1 aliphatic rings. The van der Waals surface area contributed by atoms with E-state index in [1.54, 1.807) is 36.5 Å². The molecule has 1 unspecified atom stereocenters. The Morgan fingerprint density at radius 1 is 1.09 bits per heavy atom. The number of aromatic nitrogens is 1. The number of rotatable bonds is 4. The fourth-order valence-electron chi connectivity index (χ4n) is 3.09.